The van der Waals surface area contributed by atoms with Crippen LogP contribution in [0.3, 0.4) is 0 Å². The third kappa shape index (κ3) is 6.47. The van der Waals surface area contributed by atoms with Gasteiger partial charge in [0.1, 0.15) is 0 Å². The number of nitrogens with zero attached hydrogens (tertiary/aromatic N) is 1. The first-order valence-corrected chi connectivity index (χ1v) is 7.33. The van der Waals surface area contributed by atoms with Gasteiger partial charge in [-0.15, -0.1) is 0 Å². The van der Waals surface area contributed by atoms with Crippen LogP contribution in [0.15, 0.2) is 23.3 Å². The largest absolute Gasteiger partial charge is 0.493 e. The molecule has 0 saturated carbocycles. The predicted octanol–water partition coefficient (Wildman–Crippen LogP) is 3.20. The number of methoxy groups -OCH3 is 1. The number of hydrogen-bond acceptors (Lipinski definition) is 5. The molecule has 1 aromatic carbocycles. The SMILES string of the molecule is CCOC(=O)N/N=C\c1ccc(OCCC(C)C)c(OC)c1. The first-order chi connectivity index (χ1) is 10.6. The molecule has 122 valence electrons. The Morgan fingerprint density at radius 1 is 1.36 bits per heavy atom. The zero-order valence-corrected chi connectivity index (χ0v) is 13.6. The number of benzene rings is 1. The highest BCUT2D eigenvalue weighted by molar-refractivity contribution is 5.82. The molecule has 0 unspecified atom stereocenters. The van der Waals surface area contributed by atoms with E-state index < -0.39 is 6.09 Å². The van der Waals surface area contributed by atoms with Gasteiger partial charge < -0.3 is 14.2 Å². The van der Waals surface area contributed by atoms with E-state index in [1.54, 1.807) is 20.1 Å². The van der Waals surface area contributed by atoms with Crippen molar-refractivity contribution < 1.29 is 19.0 Å². The van der Waals surface area contributed by atoms with Crippen molar-refractivity contribution in [3.05, 3.63) is 23.8 Å². The number of ether oxygens (including phenoxy) is 3. The minimum absolute atomic E-state index is 0.303. The van der Waals surface area contributed by atoms with Gasteiger partial charge in [-0.3, -0.25) is 0 Å². The molecule has 6 nitrogen and oxygen atoms in total. The molecule has 0 atom stereocenters. The second-order valence-electron chi connectivity index (χ2n) is 5.03. The minimum atomic E-state index is -0.584. The zero-order chi connectivity index (χ0) is 16.4. The van der Waals surface area contributed by atoms with Gasteiger partial charge in [-0.25, -0.2) is 10.2 Å². The average Bonchev–Trinajstić information content (AvgIpc) is 2.48. The Kier molecular flexibility index (Phi) is 7.81. The molecule has 0 saturated heterocycles. The second kappa shape index (κ2) is 9.65. The molecule has 0 bridgehead atoms. The maximum Gasteiger partial charge on any atom is 0.427 e. The third-order valence-corrected chi connectivity index (χ3v) is 2.79. The lowest BCUT2D eigenvalue weighted by Crippen LogP contribution is -2.18. The number of rotatable bonds is 8. The molecule has 1 aromatic rings. The van der Waals surface area contributed by atoms with Crippen molar-refractivity contribution in [3.63, 3.8) is 0 Å². The van der Waals surface area contributed by atoms with Gasteiger partial charge in [-0.05, 0) is 43.0 Å². The molecule has 0 aliphatic rings. The molecule has 0 fully saturated rings. The van der Waals surface area contributed by atoms with E-state index >= 15 is 0 Å². The smallest absolute Gasteiger partial charge is 0.427 e. The van der Waals surface area contributed by atoms with Gasteiger partial charge in [0.25, 0.3) is 0 Å². The van der Waals surface area contributed by atoms with E-state index in [0.717, 1.165) is 12.0 Å². The molecule has 1 amide bonds. The van der Waals surface area contributed by atoms with Crippen molar-refractivity contribution in [1.82, 2.24) is 5.43 Å². The van der Waals surface area contributed by atoms with E-state index in [1.165, 1.54) is 6.21 Å². The van der Waals surface area contributed by atoms with Crippen LogP contribution >= 0.6 is 0 Å². The monoisotopic (exact) mass is 308 g/mol. The first-order valence-electron chi connectivity index (χ1n) is 7.33. The van der Waals surface area contributed by atoms with Crippen molar-refractivity contribution in [2.24, 2.45) is 11.0 Å². The molecule has 6 heteroatoms. The zero-order valence-electron chi connectivity index (χ0n) is 13.6. The summed E-state index contributed by atoms with van der Waals surface area (Å²) in [5.74, 6) is 1.91. The van der Waals surface area contributed by atoms with Gasteiger partial charge >= 0.3 is 6.09 Å². The van der Waals surface area contributed by atoms with E-state index in [0.29, 0.717) is 30.6 Å². The summed E-state index contributed by atoms with van der Waals surface area (Å²) in [4.78, 5) is 11.1. The number of hydrogen-bond donors (Lipinski definition) is 1. The number of nitrogens with one attached hydrogen (secondary N) is 1. The van der Waals surface area contributed by atoms with Crippen molar-refractivity contribution in [2.75, 3.05) is 20.3 Å². The Morgan fingerprint density at radius 2 is 2.14 bits per heavy atom. The molecular weight excluding hydrogens is 284 g/mol. The molecule has 0 aliphatic carbocycles. The maximum absolute atomic E-state index is 11.1. The minimum Gasteiger partial charge on any atom is -0.493 e. The van der Waals surface area contributed by atoms with Gasteiger partial charge in [0.15, 0.2) is 11.5 Å². The number of hydrazone groups is 1. The van der Waals surface area contributed by atoms with Crippen LogP contribution in [-0.4, -0.2) is 32.6 Å². The fraction of sp³-hybridized carbons (Fsp3) is 0.500. The average molecular weight is 308 g/mol. The number of carbonyl (C=O) groups is 1. The van der Waals surface area contributed by atoms with Crippen LogP contribution < -0.4 is 14.9 Å². The topological polar surface area (TPSA) is 69.2 Å². The Morgan fingerprint density at radius 3 is 2.77 bits per heavy atom. The maximum atomic E-state index is 11.1. The lowest BCUT2D eigenvalue weighted by atomic mass is 10.1. The highest BCUT2D eigenvalue weighted by Gasteiger charge is 2.06. The van der Waals surface area contributed by atoms with E-state index in [-0.39, 0.29) is 0 Å². The Labute approximate surface area is 131 Å². The summed E-state index contributed by atoms with van der Waals surface area (Å²) < 4.78 is 15.7. The quantitative estimate of drug-likeness (QED) is 0.591. The third-order valence-electron chi connectivity index (χ3n) is 2.79. The van der Waals surface area contributed by atoms with Crippen LogP contribution in [0.25, 0.3) is 0 Å². The Balaban J connectivity index is 2.63. The summed E-state index contributed by atoms with van der Waals surface area (Å²) in [6.07, 6.45) is 1.91. The summed E-state index contributed by atoms with van der Waals surface area (Å²) >= 11 is 0. The van der Waals surface area contributed by atoms with Crippen LogP contribution in [0.5, 0.6) is 11.5 Å². The summed E-state index contributed by atoms with van der Waals surface area (Å²) in [7, 11) is 1.59. The highest BCUT2D eigenvalue weighted by atomic mass is 16.5. The molecule has 22 heavy (non-hydrogen) atoms. The highest BCUT2D eigenvalue weighted by Crippen LogP contribution is 2.27. The van der Waals surface area contributed by atoms with Crippen molar-refractivity contribution in [2.45, 2.75) is 27.2 Å². The van der Waals surface area contributed by atoms with Crippen molar-refractivity contribution in [3.8, 4) is 11.5 Å². The van der Waals surface area contributed by atoms with Crippen LogP contribution in [0.1, 0.15) is 32.8 Å². The van der Waals surface area contributed by atoms with Crippen molar-refractivity contribution >= 4 is 12.3 Å². The van der Waals surface area contributed by atoms with Crippen LogP contribution in [0.4, 0.5) is 4.79 Å². The van der Waals surface area contributed by atoms with E-state index in [1.807, 2.05) is 12.1 Å². The standard InChI is InChI=1S/C16H24N2O4/c1-5-21-16(19)18-17-11-13-6-7-14(15(10-13)20-4)22-9-8-12(2)3/h6-7,10-12H,5,8-9H2,1-4H3,(H,18,19)/b17-11-. The summed E-state index contributed by atoms with van der Waals surface area (Å²) in [6.45, 7) is 6.98. The second-order valence-corrected chi connectivity index (χ2v) is 5.03. The molecule has 0 spiro atoms. The molecule has 0 heterocycles. The van der Waals surface area contributed by atoms with Crippen molar-refractivity contribution in [1.29, 1.82) is 0 Å². The van der Waals surface area contributed by atoms with Crippen LogP contribution in [-0.2, 0) is 4.74 Å². The van der Waals surface area contributed by atoms with E-state index in [2.05, 4.69) is 24.4 Å². The van der Waals surface area contributed by atoms with Gasteiger partial charge in [-0.1, -0.05) is 13.8 Å². The molecule has 0 aliphatic heterocycles. The summed E-state index contributed by atoms with van der Waals surface area (Å²) in [6, 6.07) is 5.45. The fourth-order valence-corrected chi connectivity index (χ4v) is 1.61. The Hall–Kier alpha value is -2.24. The molecule has 1 N–H and O–H groups in total. The van der Waals surface area contributed by atoms with Gasteiger partial charge in [0.2, 0.25) is 0 Å². The number of carbonyl (C=O) groups excluding carboxylic acids is 1. The Bertz CT molecular complexity index is 501. The number of amides is 1. The lowest BCUT2D eigenvalue weighted by Gasteiger charge is -2.12. The van der Waals surface area contributed by atoms with Gasteiger partial charge in [0, 0.05) is 0 Å². The van der Waals surface area contributed by atoms with Gasteiger partial charge in [-0.2, -0.15) is 5.10 Å². The van der Waals surface area contributed by atoms with Crippen LogP contribution in [0.2, 0.25) is 0 Å². The summed E-state index contributed by atoms with van der Waals surface area (Å²) in [5.41, 5.74) is 3.05. The van der Waals surface area contributed by atoms with Crippen LogP contribution in [0, 0.1) is 5.92 Å². The first kappa shape index (κ1) is 17.8. The van der Waals surface area contributed by atoms with E-state index in [4.69, 9.17) is 14.2 Å². The fourth-order valence-electron chi connectivity index (χ4n) is 1.61. The predicted molar refractivity (Wildman–Crippen MR) is 85.7 cm³/mol. The molecule has 0 radical (unpaired) electrons. The summed E-state index contributed by atoms with van der Waals surface area (Å²) in [5, 5.41) is 3.80. The molecule has 0 aromatic heterocycles. The normalized spacial score (nSPS) is 10.8. The molecule has 1 rings (SSSR count). The molecular formula is C16H24N2O4. The van der Waals surface area contributed by atoms with E-state index in [9.17, 15) is 4.79 Å². The van der Waals surface area contributed by atoms with Gasteiger partial charge in [0.05, 0.1) is 26.5 Å². The lowest BCUT2D eigenvalue weighted by molar-refractivity contribution is 0.152.